The van der Waals surface area contributed by atoms with Gasteiger partial charge < -0.3 is 5.11 Å². The Morgan fingerprint density at radius 3 is 2.67 bits per heavy atom. The number of carbonyl (C=O) groups is 1. The lowest BCUT2D eigenvalue weighted by atomic mass is 10.1. The van der Waals surface area contributed by atoms with E-state index in [9.17, 15) is 20.0 Å². The van der Waals surface area contributed by atoms with Crippen molar-refractivity contribution in [2.75, 3.05) is 0 Å². The van der Waals surface area contributed by atoms with E-state index >= 15 is 0 Å². The zero-order valence-electron chi connectivity index (χ0n) is 12.3. The van der Waals surface area contributed by atoms with Crippen LogP contribution in [0, 0.1) is 17.0 Å². The van der Waals surface area contributed by atoms with E-state index in [4.69, 9.17) is 23.2 Å². The Kier molecular flexibility index (Phi) is 5.38. The molecule has 0 heterocycles. The number of halogens is 2. The van der Waals surface area contributed by atoms with Crippen molar-refractivity contribution in [1.29, 1.82) is 0 Å². The van der Waals surface area contributed by atoms with Gasteiger partial charge in [0.05, 0.1) is 21.7 Å². The maximum atomic E-state index is 12.0. The number of benzene rings is 2. The van der Waals surface area contributed by atoms with Crippen LogP contribution in [0.3, 0.4) is 0 Å². The number of nitro groups is 1. The van der Waals surface area contributed by atoms with Gasteiger partial charge in [-0.05, 0) is 30.7 Å². The largest absolute Gasteiger partial charge is 0.502 e. The number of hydrogen-bond acceptors (Lipinski definition) is 5. The molecule has 7 nitrogen and oxygen atoms in total. The molecule has 9 heteroatoms. The molecule has 0 atom stereocenters. The van der Waals surface area contributed by atoms with Gasteiger partial charge in [-0.2, -0.15) is 5.10 Å². The first-order valence-electron chi connectivity index (χ1n) is 6.56. The number of aryl methyl sites for hydroxylation is 1. The molecule has 0 bridgehead atoms. The van der Waals surface area contributed by atoms with E-state index < -0.39 is 22.3 Å². The summed E-state index contributed by atoms with van der Waals surface area (Å²) in [5.41, 5.74) is 2.78. The van der Waals surface area contributed by atoms with Crippen molar-refractivity contribution < 1.29 is 14.8 Å². The minimum atomic E-state index is -0.775. The molecule has 2 N–H and O–H groups in total. The second kappa shape index (κ2) is 7.29. The molecule has 24 heavy (non-hydrogen) atoms. The van der Waals surface area contributed by atoms with Gasteiger partial charge in [0.2, 0.25) is 5.75 Å². The number of nitrogens with zero attached hydrogens (tertiary/aromatic N) is 2. The van der Waals surface area contributed by atoms with Crippen LogP contribution < -0.4 is 5.43 Å². The first-order chi connectivity index (χ1) is 11.3. The summed E-state index contributed by atoms with van der Waals surface area (Å²) < 4.78 is 0. The van der Waals surface area contributed by atoms with Gasteiger partial charge in [-0.25, -0.2) is 5.43 Å². The summed E-state index contributed by atoms with van der Waals surface area (Å²) in [4.78, 5) is 22.0. The molecule has 0 fully saturated rings. The number of nitrogens with one attached hydrogen (secondary N) is 1. The maximum Gasteiger partial charge on any atom is 0.312 e. The van der Waals surface area contributed by atoms with E-state index in [1.807, 2.05) is 6.92 Å². The molecule has 1 amide bonds. The number of carbonyl (C=O) groups excluding carboxylic acids is 1. The number of phenolic OH excluding ortho intramolecular Hbond substituents is 1. The molecule has 0 saturated carbocycles. The van der Waals surface area contributed by atoms with E-state index in [1.165, 1.54) is 6.07 Å². The Bertz CT molecular complexity index is 853. The minimum Gasteiger partial charge on any atom is -0.502 e. The van der Waals surface area contributed by atoms with Crippen molar-refractivity contribution in [3.8, 4) is 5.75 Å². The van der Waals surface area contributed by atoms with E-state index in [0.717, 1.165) is 17.8 Å². The van der Waals surface area contributed by atoms with Crippen molar-refractivity contribution in [2.45, 2.75) is 6.92 Å². The highest BCUT2D eigenvalue weighted by molar-refractivity contribution is 6.34. The number of rotatable bonds is 4. The van der Waals surface area contributed by atoms with E-state index in [1.54, 1.807) is 18.2 Å². The average Bonchev–Trinajstić information content (AvgIpc) is 2.49. The Morgan fingerprint density at radius 1 is 1.33 bits per heavy atom. The van der Waals surface area contributed by atoms with Gasteiger partial charge in [-0.15, -0.1) is 0 Å². The second-order valence-electron chi connectivity index (χ2n) is 4.80. The van der Waals surface area contributed by atoms with Crippen LogP contribution in [0.4, 0.5) is 5.69 Å². The molecule has 0 aliphatic rings. The van der Waals surface area contributed by atoms with Crippen LogP contribution >= 0.6 is 23.2 Å². The van der Waals surface area contributed by atoms with Crippen molar-refractivity contribution in [2.24, 2.45) is 5.10 Å². The smallest absolute Gasteiger partial charge is 0.312 e. The van der Waals surface area contributed by atoms with Crippen molar-refractivity contribution in [1.82, 2.24) is 5.43 Å². The van der Waals surface area contributed by atoms with Gasteiger partial charge in [-0.3, -0.25) is 14.9 Å². The quantitative estimate of drug-likeness (QED) is 0.488. The van der Waals surface area contributed by atoms with Crippen LogP contribution in [-0.4, -0.2) is 22.2 Å². The number of nitro benzene ring substituents is 1. The lowest BCUT2D eigenvalue weighted by Gasteiger charge is -2.04. The van der Waals surface area contributed by atoms with Crippen molar-refractivity contribution in [3.63, 3.8) is 0 Å². The standard InChI is InChI=1S/C15H11Cl2N3O4/c1-8-2-3-11(12(17)4-8)15(22)19-18-7-9-5-10(16)6-13(14(9)21)20(23)24/h2-7,21H,1H3,(H,19,22)/b18-7-. The minimum absolute atomic E-state index is 0.00972. The fourth-order valence-electron chi connectivity index (χ4n) is 1.87. The van der Waals surface area contributed by atoms with Gasteiger partial charge in [0.15, 0.2) is 0 Å². The zero-order chi connectivity index (χ0) is 17.9. The third kappa shape index (κ3) is 4.01. The second-order valence-corrected chi connectivity index (χ2v) is 5.65. The van der Waals surface area contributed by atoms with Crippen LogP contribution in [-0.2, 0) is 0 Å². The van der Waals surface area contributed by atoms with Gasteiger partial charge in [0.1, 0.15) is 0 Å². The lowest BCUT2D eigenvalue weighted by molar-refractivity contribution is -0.385. The summed E-state index contributed by atoms with van der Waals surface area (Å²) in [5, 5.41) is 24.6. The van der Waals surface area contributed by atoms with Gasteiger partial charge in [0, 0.05) is 16.7 Å². The Balaban J connectivity index is 2.20. The summed E-state index contributed by atoms with van der Waals surface area (Å²) in [6.07, 6.45) is 1.05. The molecule has 124 valence electrons. The summed E-state index contributed by atoms with van der Waals surface area (Å²) in [5.74, 6) is -1.16. The van der Waals surface area contributed by atoms with E-state index in [0.29, 0.717) is 0 Å². The Hall–Kier alpha value is -2.64. The van der Waals surface area contributed by atoms with Crippen LogP contribution in [0.5, 0.6) is 5.75 Å². The zero-order valence-corrected chi connectivity index (χ0v) is 13.8. The monoisotopic (exact) mass is 367 g/mol. The van der Waals surface area contributed by atoms with E-state index in [-0.39, 0.29) is 21.2 Å². The molecule has 2 rings (SSSR count). The molecule has 2 aromatic rings. The van der Waals surface area contributed by atoms with E-state index in [2.05, 4.69) is 10.5 Å². The highest BCUT2D eigenvalue weighted by Crippen LogP contribution is 2.32. The fraction of sp³-hybridized carbons (Fsp3) is 0.0667. The van der Waals surface area contributed by atoms with Crippen LogP contribution in [0.1, 0.15) is 21.5 Å². The molecule has 2 aromatic carbocycles. The van der Waals surface area contributed by atoms with Crippen molar-refractivity contribution >= 4 is 41.0 Å². The highest BCUT2D eigenvalue weighted by Gasteiger charge is 2.18. The molecular weight excluding hydrogens is 357 g/mol. The van der Waals surface area contributed by atoms with Gasteiger partial charge in [0.25, 0.3) is 5.91 Å². The van der Waals surface area contributed by atoms with Crippen molar-refractivity contribution in [3.05, 3.63) is 67.2 Å². The molecule has 0 radical (unpaired) electrons. The average molecular weight is 368 g/mol. The predicted molar refractivity (Wildman–Crippen MR) is 91.0 cm³/mol. The molecular formula is C15H11Cl2N3O4. The first kappa shape index (κ1) is 17.7. The number of phenols is 1. The number of hydrazone groups is 1. The highest BCUT2D eigenvalue weighted by atomic mass is 35.5. The summed E-state index contributed by atoms with van der Waals surface area (Å²) >= 11 is 11.7. The maximum absolute atomic E-state index is 12.0. The third-order valence-corrected chi connectivity index (χ3v) is 3.55. The van der Waals surface area contributed by atoms with Gasteiger partial charge in [-0.1, -0.05) is 29.3 Å². The SMILES string of the molecule is Cc1ccc(C(=O)N/N=C\c2cc(Cl)cc([N+](=O)[O-])c2O)c(Cl)c1. The van der Waals surface area contributed by atoms with Crippen LogP contribution in [0.15, 0.2) is 35.4 Å². The van der Waals surface area contributed by atoms with Crippen LogP contribution in [0.25, 0.3) is 0 Å². The summed E-state index contributed by atoms with van der Waals surface area (Å²) in [7, 11) is 0. The fourth-order valence-corrected chi connectivity index (χ4v) is 2.41. The molecule has 0 aliphatic carbocycles. The normalized spacial score (nSPS) is 10.8. The predicted octanol–water partition coefficient (Wildman–Crippen LogP) is 3.68. The van der Waals surface area contributed by atoms with Gasteiger partial charge >= 0.3 is 5.69 Å². The lowest BCUT2D eigenvalue weighted by Crippen LogP contribution is -2.18. The summed E-state index contributed by atoms with van der Waals surface area (Å²) in [6, 6.07) is 7.19. The topological polar surface area (TPSA) is 105 Å². The Labute approximate surface area is 146 Å². The Morgan fingerprint density at radius 2 is 2.04 bits per heavy atom. The molecule has 0 spiro atoms. The summed E-state index contributed by atoms with van der Waals surface area (Å²) in [6.45, 7) is 1.83. The molecule has 0 saturated heterocycles. The number of aromatic hydroxyl groups is 1. The molecule has 0 aliphatic heterocycles. The van der Waals surface area contributed by atoms with Crippen LogP contribution in [0.2, 0.25) is 10.0 Å². The molecule has 0 aromatic heterocycles. The molecule has 0 unspecified atom stereocenters. The first-order valence-corrected chi connectivity index (χ1v) is 7.31. The third-order valence-electron chi connectivity index (χ3n) is 3.02. The number of amides is 1. The number of hydrogen-bond donors (Lipinski definition) is 2.